The third kappa shape index (κ3) is 3.47. The summed E-state index contributed by atoms with van der Waals surface area (Å²) in [6, 6.07) is 3.82. The van der Waals surface area contributed by atoms with Crippen LogP contribution < -0.4 is 0 Å². The van der Waals surface area contributed by atoms with Gasteiger partial charge in [-0.1, -0.05) is 0 Å². The molecule has 2 fully saturated rings. The first-order valence-electron chi connectivity index (χ1n) is 7.98. The number of rotatable bonds is 4. The molecular weight excluding hydrogens is 268 g/mol. The first kappa shape index (κ1) is 14.6. The molecule has 116 valence electrons. The average Bonchev–Trinajstić information content (AvgIpc) is 2.99. The maximum absolute atomic E-state index is 11.2. The molecule has 3 rings (SSSR count). The fourth-order valence-corrected chi connectivity index (χ4v) is 3.51. The van der Waals surface area contributed by atoms with Crippen molar-refractivity contribution in [3.8, 4) is 0 Å². The molecule has 0 radical (unpaired) electrons. The maximum atomic E-state index is 11.2. The number of hydrogen-bond donors (Lipinski definition) is 1. The highest BCUT2D eigenvalue weighted by Crippen LogP contribution is 2.25. The SMILES string of the molecule is O=C(O)c1cccn1C1CCN(CC2CCCCO2)CC1. The molecule has 1 N–H and O–H groups in total. The summed E-state index contributed by atoms with van der Waals surface area (Å²) in [6.07, 6.45) is 7.99. The number of hydrogen-bond acceptors (Lipinski definition) is 3. The molecule has 21 heavy (non-hydrogen) atoms. The van der Waals surface area contributed by atoms with E-state index in [0.717, 1.165) is 39.1 Å². The van der Waals surface area contributed by atoms with Crippen molar-refractivity contribution in [2.75, 3.05) is 26.2 Å². The van der Waals surface area contributed by atoms with E-state index < -0.39 is 5.97 Å². The van der Waals surface area contributed by atoms with Gasteiger partial charge in [-0.25, -0.2) is 4.79 Å². The number of piperidine rings is 1. The minimum atomic E-state index is -0.835. The number of aromatic nitrogens is 1. The van der Waals surface area contributed by atoms with E-state index in [1.165, 1.54) is 19.3 Å². The molecule has 0 saturated carbocycles. The number of likely N-dealkylation sites (tertiary alicyclic amines) is 1. The lowest BCUT2D eigenvalue weighted by molar-refractivity contribution is -0.0109. The van der Waals surface area contributed by atoms with Crippen LogP contribution in [0.4, 0.5) is 0 Å². The van der Waals surface area contributed by atoms with Crippen molar-refractivity contribution in [3.63, 3.8) is 0 Å². The number of aromatic carboxylic acids is 1. The predicted octanol–water partition coefficient (Wildman–Crippen LogP) is 2.39. The van der Waals surface area contributed by atoms with E-state index in [4.69, 9.17) is 4.74 Å². The number of carboxylic acid groups (broad SMARTS) is 1. The third-order valence-electron chi connectivity index (χ3n) is 4.68. The monoisotopic (exact) mass is 292 g/mol. The van der Waals surface area contributed by atoms with Crippen LogP contribution in [-0.4, -0.2) is 52.9 Å². The minimum absolute atomic E-state index is 0.314. The predicted molar refractivity (Wildman–Crippen MR) is 79.7 cm³/mol. The highest BCUT2D eigenvalue weighted by atomic mass is 16.5. The molecule has 2 aliphatic rings. The molecule has 5 nitrogen and oxygen atoms in total. The number of nitrogens with zero attached hydrogens (tertiary/aromatic N) is 2. The summed E-state index contributed by atoms with van der Waals surface area (Å²) in [5.74, 6) is -0.835. The Morgan fingerprint density at radius 1 is 1.29 bits per heavy atom. The van der Waals surface area contributed by atoms with Gasteiger partial charge in [0.1, 0.15) is 5.69 Å². The lowest BCUT2D eigenvalue weighted by Crippen LogP contribution is -2.41. The third-order valence-corrected chi connectivity index (χ3v) is 4.68. The number of carbonyl (C=O) groups is 1. The van der Waals surface area contributed by atoms with Gasteiger partial charge >= 0.3 is 5.97 Å². The van der Waals surface area contributed by atoms with Gasteiger partial charge in [0.15, 0.2) is 0 Å². The molecule has 2 saturated heterocycles. The van der Waals surface area contributed by atoms with E-state index >= 15 is 0 Å². The van der Waals surface area contributed by atoms with Gasteiger partial charge in [-0.3, -0.25) is 0 Å². The Hall–Kier alpha value is -1.33. The molecule has 5 heteroatoms. The summed E-state index contributed by atoms with van der Waals surface area (Å²) in [7, 11) is 0. The Kier molecular flexibility index (Phi) is 4.60. The summed E-state index contributed by atoms with van der Waals surface area (Å²) < 4.78 is 7.73. The van der Waals surface area contributed by atoms with Gasteiger partial charge in [-0.2, -0.15) is 0 Å². The van der Waals surface area contributed by atoms with Crippen LogP contribution >= 0.6 is 0 Å². The van der Waals surface area contributed by atoms with E-state index in [9.17, 15) is 9.90 Å². The topological polar surface area (TPSA) is 54.7 Å². The second kappa shape index (κ2) is 6.62. The van der Waals surface area contributed by atoms with Gasteiger partial charge in [-0.05, 0) is 44.2 Å². The molecule has 1 aromatic heterocycles. The van der Waals surface area contributed by atoms with Crippen molar-refractivity contribution < 1.29 is 14.6 Å². The first-order chi connectivity index (χ1) is 10.2. The van der Waals surface area contributed by atoms with Gasteiger partial charge in [-0.15, -0.1) is 0 Å². The number of carboxylic acids is 1. The summed E-state index contributed by atoms with van der Waals surface area (Å²) in [5, 5.41) is 9.21. The molecule has 0 aromatic carbocycles. The normalized spacial score (nSPS) is 25.0. The van der Waals surface area contributed by atoms with Crippen LogP contribution in [0.15, 0.2) is 18.3 Å². The maximum Gasteiger partial charge on any atom is 0.352 e. The molecular formula is C16H24N2O3. The summed E-state index contributed by atoms with van der Waals surface area (Å²) >= 11 is 0. The van der Waals surface area contributed by atoms with Crippen molar-refractivity contribution in [2.24, 2.45) is 0 Å². The van der Waals surface area contributed by atoms with Crippen molar-refractivity contribution in [2.45, 2.75) is 44.2 Å². The van der Waals surface area contributed by atoms with Crippen molar-refractivity contribution >= 4 is 5.97 Å². The summed E-state index contributed by atoms with van der Waals surface area (Å²) in [5.41, 5.74) is 0.407. The van der Waals surface area contributed by atoms with Crippen LogP contribution in [0, 0.1) is 0 Å². The molecule has 3 heterocycles. The van der Waals surface area contributed by atoms with Crippen molar-refractivity contribution in [1.29, 1.82) is 0 Å². The lowest BCUT2D eigenvalue weighted by atomic mass is 10.0. The van der Waals surface area contributed by atoms with Gasteiger partial charge in [0.05, 0.1) is 6.10 Å². The summed E-state index contributed by atoms with van der Waals surface area (Å²) in [4.78, 5) is 13.7. The van der Waals surface area contributed by atoms with Crippen LogP contribution in [0.2, 0.25) is 0 Å². The Labute approximate surface area is 125 Å². The van der Waals surface area contributed by atoms with Gasteiger partial charge in [0.25, 0.3) is 0 Å². The lowest BCUT2D eigenvalue weighted by Gasteiger charge is -2.36. The zero-order valence-corrected chi connectivity index (χ0v) is 12.4. The Bertz CT molecular complexity index is 472. The van der Waals surface area contributed by atoms with E-state index in [0.29, 0.717) is 17.8 Å². The van der Waals surface area contributed by atoms with Crippen LogP contribution in [0.5, 0.6) is 0 Å². The van der Waals surface area contributed by atoms with Crippen molar-refractivity contribution in [1.82, 2.24) is 9.47 Å². The van der Waals surface area contributed by atoms with Crippen LogP contribution in [0.25, 0.3) is 0 Å². The second-order valence-electron chi connectivity index (χ2n) is 6.13. The molecule has 0 bridgehead atoms. The zero-order chi connectivity index (χ0) is 14.7. The summed E-state index contributed by atoms with van der Waals surface area (Å²) in [6.45, 7) is 4.00. The molecule has 0 spiro atoms. The van der Waals surface area contributed by atoms with Crippen LogP contribution in [0.1, 0.15) is 48.6 Å². The first-order valence-corrected chi connectivity index (χ1v) is 7.98. The van der Waals surface area contributed by atoms with E-state index in [2.05, 4.69) is 4.90 Å². The zero-order valence-electron chi connectivity index (χ0n) is 12.4. The van der Waals surface area contributed by atoms with E-state index in [-0.39, 0.29) is 0 Å². The van der Waals surface area contributed by atoms with Crippen LogP contribution in [-0.2, 0) is 4.74 Å². The average molecular weight is 292 g/mol. The fourth-order valence-electron chi connectivity index (χ4n) is 3.51. The largest absolute Gasteiger partial charge is 0.477 e. The molecule has 2 aliphatic heterocycles. The standard InChI is InChI=1S/C16H24N2O3/c19-16(20)15-5-3-8-18(15)13-6-9-17(10-7-13)12-14-4-1-2-11-21-14/h3,5,8,13-14H,1-2,4,6-7,9-12H2,(H,19,20). The molecule has 1 atom stereocenters. The van der Waals surface area contributed by atoms with Crippen LogP contribution in [0.3, 0.4) is 0 Å². The quantitative estimate of drug-likeness (QED) is 0.926. The van der Waals surface area contributed by atoms with Gasteiger partial charge in [0.2, 0.25) is 0 Å². The van der Waals surface area contributed by atoms with E-state index in [1.807, 2.05) is 16.8 Å². The molecule has 0 aliphatic carbocycles. The minimum Gasteiger partial charge on any atom is -0.477 e. The Morgan fingerprint density at radius 3 is 2.76 bits per heavy atom. The fraction of sp³-hybridized carbons (Fsp3) is 0.688. The highest BCUT2D eigenvalue weighted by molar-refractivity contribution is 5.85. The smallest absolute Gasteiger partial charge is 0.352 e. The number of ether oxygens (including phenoxy) is 1. The Morgan fingerprint density at radius 2 is 2.10 bits per heavy atom. The van der Waals surface area contributed by atoms with E-state index in [1.54, 1.807) is 6.07 Å². The molecule has 1 unspecified atom stereocenters. The highest BCUT2D eigenvalue weighted by Gasteiger charge is 2.25. The molecule has 1 aromatic rings. The Balaban J connectivity index is 1.52. The second-order valence-corrected chi connectivity index (χ2v) is 6.13. The van der Waals surface area contributed by atoms with Gasteiger partial charge in [0, 0.05) is 38.5 Å². The van der Waals surface area contributed by atoms with Crippen molar-refractivity contribution in [3.05, 3.63) is 24.0 Å². The molecule has 0 amide bonds. The van der Waals surface area contributed by atoms with Gasteiger partial charge < -0.3 is 19.3 Å².